The summed E-state index contributed by atoms with van der Waals surface area (Å²) in [6.07, 6.45) is 3.06. The maximum atomic E-state index is 11.0. The topological polar surface area (TPSA) is 116 Å². The molecule has 1 aromatic heterocycles. The summed E-state index contributed by atoms with van der Waals surface area (Å²) in [4.78, 5) is 6.84. The Morgan fingerprint density at radius 3 is 3.05 bits per heavy atom. The Kier molecular flexibility index (Phi) is 4.53. The van der Waals surface area contributed by atoms with Crippen LogP contribution in [0.3, 0.4) is 0 Å². The van der Waals surface area contributed by atoms with Crippen LogP contribution in [0.5, 0.6) is 0 Å². The highest BCUT2D eigenvalue weighted by molar-refractivity contribution is 7.88. The fourth-order valence-corrected chi connectivity index (χ4v) is 2.37. The van der Waals surface area contributed by atoms with Crippen molar-refractivity contribution < 1.29 is 18.3 Å². The molecule has 1 aromatic rings. The second-order valence-corrected chi connectivity index (χ2v) is 6.38. The maximum Gasteiger partial charge on any atom is 0.208 e. The lowest BCUT2D eigenvalue weighted by atomic mass is 10.1. The molecule has 0 amide bonds. The minimum Gasteiger partial charge on any atom is -0.389 e. The summed E-state index contributed by atoms with van der Waals surface area (Å²) in [6.45, 7) is 0.949. The fourth-order valence-electron chi connectivity index (χ4n) is 1.90. The Balaban J connectivity index is 1.79. The first-order valence-electron chi connectivity index (χ1n) is 5.90. The predicted octanol–water partition coefficient (Wildman–Crippen LogP) is -1.82. The van der Waals surface area contributed by atoms with Crippen molar-refractivity contribution in [2.45, 2.75) is 24.8 Å². The molecule has 19 heavy (non-hydrogen) atoms. The number of aromatic amines is 1. The fraction of sp³-hybridized carbons (Fsp3) is 0.700. The van der Waals surface area contributed by atoms with Crippen LogP contribution in [-0.4, -0.2) is 61.1 Å². The molecule has 1 aliphatic heterocycles. The van der Waals surface area contributed by atoms with Crippen molar-refractivity contribution in [1.82, 2.24) is 20.0 Å². The molecule has 0 spiro atoms. The quantitative estimate of drug-likeness (QED) is 0.490. The van der Waals surface area contributed by atoms with Crippen LogP contribution in [0, 0.1) is 0 Å². The van der Waals surface area contributed by atoms with E-state index in [0.717, 1.165) is 11.9 Å². The van der Waals surface area contributed by atoms with Crippen molar-refractivity contribution in [2.24, 2.45) is 0 Å². The Morgan fingerprint density at radius 1 is 1.63 bits per heavy atom. The van der Waals surface area contributed by atoms with Crippen molar-refractivity contribution in [3.05, 3.63) is 18.2 Å². The Bertz CT molecular complexity index is 490. The molecule has 108 valence electrons. The van der Waals surface area contributed by atoms with Gasteiger partial charge in [0.05, 0.1) is 37.4 Å². The second kappa shape index (κ2) is 5.97. The average Bonchev–Trinajstić information content (AvgIpc) is 2.93. The van der Waals surface area contributed by atoms with Gasteiger partial charge in [-0.25, -0.2) is 18.1 Å². The van der Waals surface area contributed by atoms with Crippen molar-refractivity contribution >= 4 is 10.0 Å². The van der Waals surface area contributed by atoms with Crippen molar-refractivity contribution in [3.63, 3.8) is 0 Å². The molecule has 2 heterocycles. The minimum atomic E-state index is -3.28. The van der Waals surface area contributed by atoms with Gasteiger partial charge in [-0.2, -0.15) is 0 Å². The van der Waals surface area contributed by atoms with Gasteiger partial charge in [-0.15, -0.1) is 0 Å². The number of ether oxygens (including phenoxy) is 1. The SMILES string of the molecule is CS(=O)(=O)NCC1OCC(NCc2cnc[nH]2)C1O. The molecule has 1 fully saturated rings. The van der Waals surface area contributed by atoms with Crippen LogP contribution in [0.25, 0.3) is 0 Å². The minimum absolute atomic E-state index is 0.0717. The van der Waals surface area contributed by atoms with Gasteiger partial charge in [0.2, 0.25) is 10.0 Å². The van der Waals surface area contributed by atoms with Crippen LogP contribution in [0.1, 0.15) is 5.69 Å². The molecule has 0 aromatic carbocycles. The average molecular weight is 290 g/mol. The molecule has 1 aliphatic rings. The molecule has 8 nitrogen and oxygen atoms in total. The summed E-state index contributed by atoms with van der Waals surface area (Å²) in [6, 6.07) is -0.227. The van der Waals surface area contributed by atoms with E-state index in [1.54, 1.807) is 12.5 Å². The van der Waals surface area contributed by atoms with Crippen molar-refractivity contribution in [1.29, 1.82) is 0 Å². The summed E-state index contributed by atoms with van der Waals surface area (Å²) in [5.41, 5.74) is 0.907. The number of imidazole rings is 1. The van der Waals surface area contributed by atoms with E-state index in [1.165, 1.54) is 0 Å². The van der Waals surface area contributed by atoms with E-state index in [-0.39, 0.29) is 12.6 Å². The van der Waals surface area contributed by atoms with E-state index in [1.807, 2.05) is 0 Å². The van der Waals surface area contributed by atoms with Gasteiger partial charge in [-0.1, -0.05) is 0 Å². The first-order valence-corrected chi connectivity index (χ1v) is 7.80. The monoisotopic (exact) mass is 290 g/mol. The molecule has 9 heteroatoms. The number of sulfonamides is 1. The zero-order valence-corrected chi connectivity index (χ0v) is 11.4. The zero-order valence-electron chi connectivity index (χ0n) is 10.5. The summed E-state index contributed by atoms with van der Waals surface area (Å²) in [7, 11) is -3.28. The molecular weight excluding hydrogens is 272 g/mol. The lowest BCUT2D eigenvalue weighted by molar-refractivity contribution is 0.0444. The van der Waals surface area contributed by atoms with Gasteiger partial charge in [0.15, 0.2) is 0 Å². The van der Waals surface area contributed by atoms with E-state index in [9.17, 15) is 13.5 Å². The predicted molar refractivity (Wildman–Crippen MR) is 67.8 cm³/mol. The first kappa shape index (κ1) is 14.4. The van der Waals surface area contributed by atoms with Crippen LogP contribution in [0.15, 0.2) is 12.5 Å². The first-order chi connectivity index (χ1) is 8.96. The van der Waals surface area contributed by atoms with E-state index in [2.05, 4.69) is 20.0 Å². The van der Waals surface area contributed by atoms with Crippen molar-refractivity contribution in [2.75, 3.05) is 19.4 Å². The molecule has 1 saturated heterocycles. The molecule has 0 radical (unpaired) electrons. The third-order valence-corrected chi connectivity index (χ3v) is 3.63. The third kappa shape index (κ3) is 4.25. The van der Waals surface area contributed by atoms with Crippen LogP contribution in [-0.2, 0) is 21.3 Å². The Hall–Kier alpha value is -1.00. The molecule has 0 saturated carbocycles. The third-order valence-electron chi connectivity index (χ3n) is 2.94. The summed E-state index contributed by atoms with van der Waals surface area (Å²) < 4.78 is 29.7. The smallest absolute Gasteiger partial charge is 0.208 e. The van der Waals surface area contributed by atoms with Gasteiger partial charge in [0, 0.05) is 25.0 Å². The Morgan fingerprint density at radius 2 is 2.42 bits per heavy atom. The number of H-pyrrole nitrogens is 1. The van der Waals surface area contributed by atoms with Crippen LogP contribution < -0.4 is 10.0 Å². The number of aliphatic hydroxyl groups is 1. The number of aromatic nitrogens is 2. The highest BCUT2D eigenvalue weighted by Gasteiger charge is 2.35. The van der Waals surface area contributed by atoms with E-state index in [0.29, 0.717) is 13.2 Å². The number of hydrogen-bond acceptors (Lipinski definition) is 6. The molecule has 3 atom stereocenters. The largest absolute Gasteiger partial charge is 0.389 e. The standard InChI is InChI=1S/C10H18N4O4S/c1-19(16,17)14-4-9-10(15)8(5-18-9)12-3-7-2-11-6-13-7/h2,6,8-10,12,14-15H,3-5H2,1H3,(H,11,13). The molecule has 4 N–H and O–H groups in total. The number of hydrogen-bond donors (Lipinski definition) is 4. The summed E-state index contributed by atoms with van der Waals surface area (Å²) >= 11 is 0. The normalized spacial score (nSPS) is 27.8. The highest BCUT2D eigenvalue weighted by atomic mass is 32.2. The van der Waals surface area contributed by atoms with Crippen molar-refractivity contribution in [3.8, 4) is 0 Å². The number of rotatable bonds is 6. The number of nitrogens with one attached hydrogen (secondary N) is 3. The Labute approximate surface area is 111 Å². The number of nitrogens with zero attached hydrogens (tertiary/aromatic N) is 1. The summed E-state index contributed by atoms with van der Waals surface area (Å²) in [5, 5.41) is 13.2. The number of aliphatic hydroxyl groups excluding tert-OH is 1. The van der Waals surface area contributed by atoms with Gasteiger partial charge >= 0.3 is 0 Å². The van der Waals surface area contributed by atoms with Gasteiger partial charge in [0.1, 0.15) is 0 Å². The second-order valence-electron chi connectivity index (χ2n) is 4.55. The maximum absolute atomic E-state index is 11.0. The molecule has 0 bridgehead atoms. The van der Waals surface area contributed by atoms with Crippen LogP contribution >= 0.6 is 0 Å². The van der Waals surface area contributed by atoms with E-state index in [4.69, 9.17) is 4.74 Å². The van der Waals surface area contributed by atoms with E-state index < -0.39 is 22.2 Å². The summed E-state index contributed by atoms with van der Waals surface area (Å²) in [5.74, 6) is 0. The molecule has 3 unspecified atom stereocenters. The molecule has 2 rings (SSSR count). The molecule has 0 aliphatic carbocycles. The van der Waals surface area contributed by atoms with Gasteiger partial charge in [-0.3, -0.25) is 0 Å². The highest BCUT2D eigenvalue weighted by Crippen LogP contribution is 2.14. The van der Waals surface area contributed by atoms with Gasteiger partial charge in [0.25, 0.3) is 0 Å². The zero-order chi connectivity index (χ0) is 13.9. The van der Waals surface area contributed by atoms with Crippen LogP contribution in [0.2, 0.25) is 0 Å². The van der Waals surface area contributed by atoms with E-state index >= 15 is 0 Å². The lowest BCUT2D eigenvalue weighted by Crippen LogP contribution is -2.44. The van der Waals surface area contributed by atoms with Crippen LogP contribution in [0.4, 0.5) is 0 Å². The van der Waals surface area contributed by atoms with Gasteiger partial charge < -0.3 is 20.1 Å². The molecular formula is C10H18N4O4S. The van der Waals surface area contributed by atoms with Gasteiger partial charge in [-0.05, 0) is 0 Å². The lowest BCUT2D eigenvalue weighted by Gasteiger charge is -2.18.